The first-order chi connectivity index (χ1) is 11.7. The SMILES string of the molecule is CC(C)(C)c1ccc(CCS(=O)(=O)N2CCC3(CC2)OCCO3)cc1. The molecular formula is C19H29NO4S. The Balaban J connectivity index is 1.55. The third kappa shape index (κ3) is 4.42. The molecule has 0 bridgehead atoms. The summed E-state index contributed by atoms with van der Waals surface area (Å²) in [5.41, 5.74) is 2.43. The van der Waals surface area contributed by atoms with Crippen LogP contribution in [-0.2, 0) is 31.3 Å². The molecule has 0 radical (unpaired) electrons. The van der Waals surface area contributed by atoms with Crippen LogP contribution in [0.25, 0.3) is 0 Å². The van der Waals surface area contributed by atoms with Crippen LogP contribution in [0.5, 0.6) is 0 Å². The second kappa shape index (κ2) is 6.99. The van der Waals surface area contributed by atoms with Crippen LogP contribution >= 0.6 is 0 Å². The van der Waals surface area contributed by atoms with Crippen molar-refractivity contribution in [1.29, 1.82) is 0 Å². The normalized spacial score (nSPS) is 21.7. The minimum atomic E-state index is -3.24. The van der Waals surface area contributed by atoms with Crippen LogP contribution in [0.2, 0.25) is 0 Å². The van der Waals surface area contributed by atoms with Crippen molar-refractivity contribution in [2.45, 2.75) is 51.2 Å². The number of sulfonamides is 1. The third-order valence-electron chi connectivity index (χ3n) is 5.16. The predicted molar refractivity (Wildman–Crippen MR) is 98.1 cm³/mol. The molecule has 0 saturated carbocycles. The van der Waals surface area contributed by atoms with Crippen LogP contribution in [-0.4, -0.2) is 50.6 Å². The lowest BCUT2D eigenvalue weighted by Gasteiger charge is -2.36. The maximum atomic E-state index is 12.6. The Hall–Kier alpha value is -0.950. The zero-order chi connectivity index (χ0) is 18.1. The van der Waals surface area contributed by atoms with Crippen molar-refractivity contribution in [1.82, 2.24) is 4.31 Å². The molecule has 25 heavy (non-hydrogen) atoms. The summed E-state index contributed by atoms with van der Waals surface area (Å²) in [5, 5.41) is 0. The molecule has 0 atom stereocenters. The van der Waals surface area contributed by atoms with Gasteiger partial charge in [-0.3, -0.25) is 0 Å². The molecule has 2 heterocycles. The van der Waals surface area contributed by atoms with Crippen LogP contribution in [0, 0.1) is 0 Å². The van der Waals surface area contributed by atoms with E-state index in [9.17, 15) is 8.42 Å². The topological polar surface area (TPSA) is 55.8 Å². The number of piperidine rings is 1. The second-order valence-electron chi connectivity index (χ2n) is 8.02. The number of ether oxygens (including phenoxy) is 2. The first-order valence-corrected chi connectivity index (χ1v) is 10.7. The van der Waals surface area contributed by atoms with Crippen LogP contribution in [0.15, 0.2) is 24.3 Å². The lowest BCUT2D eigenvalue weighted by molar-refractivity contribution is -0.179. The van der Waals surface area contributed by atoms with Crippen molar-refractivity contribution in [2.75, 3.05) is 32.1 Å². The van der Waals surface area contributed by atoms with Gasteiger partial charge >= 0.3 is 0 Å². The van der Waals surface area contributed by atoms with Gasteiger partial charge in [0.25, 0.3) is 0 Å². The molecule has 1 spiro atoms. The highest BCUT2D eigenvalue weighted by Crippen LogP contribution is 2.32. The molecule has 2 aliphatic heterocycles. The van der Waals surface area contributed by atoms with Gasteiger partial charge in [-0.2, -0.15) is 0 Å². The standard InChI is InChI=1S/C19H29NO4S/c1-18(2,3)17-6-4-16(5-7-17)8-15-25(21,22)20-11-9-19(10-12-20)23-13-14-24-19/h4-7H,8-15H2,1-3H3. The monoisotopic (exact) mass is 367 g/mol. The Morgan fingerprint density at radius 1 is 1.04 bits per heavy atom. The minimum Gasteiger partial charge on any atom is -0.347 e. The molecule has 0 unspecified atom stereocenters. The summed E-state index contributed by atoms with van der Waals surface area (Å²) in [7, 11) is -3.24. The van der Waals surface area contributed by atoms with Gasteiger partial charge in [-0.25, -0.2) is 12.7 Å². The van der Waals surface area contributed by atoms with Crippen LogP contribution in [0.1, 0.15) is 44.7 Å². The Morgan fingerprint density at radius 3 is 2.12 bits per heavy atom. The Kier molecular flexibility index (Phi) is 5.26. The predicted octanol–water partition coefficient (Wildman–Crippen LogP) is 2.70. The fourth-order valence-electron chi connectivity index (χ4n) is 3.44. The number of nitrogens with zero attached hydrogens (tertiary/aromatic N) is 1. The number of hydrogen-bond donors (Lipinski definition) is 0. The molecule has 1 aromatic rings. The Labute approximate surface area is 151 Å². The maximum absolute atomic E-state index is 12.6. The van der Waals surface area contributed by atoms with Gasteiger partial charge in [0.1, 0.15) is 0 Å². The van der Waals surface area contributed by atoms with E-state index in [1.165, 1.54) is 5.56 Å². The van der Waals surface area contributed by atoms with E-state index in [1.807, 2.05) is 12.1 Å². The van der Waals surface area contributed by atoms with Gasteiger partial charge in [0.05, 0.1) is 19.0 Å². The molecule has 2 saturated heterocycles. The highest BCUT2D eigenvalue weighted by molar-refractivity contribution is 7.89. The van der Waals surface area contributed by atoms with Gasteiger partial charge in [0.15, 0.2) is 5.79 Å². The molecule has 1 aromatic carbocycles. The van der Waals surface area contributed by atoms with Crippen molar-refractivity contribution in [3.05, 3.63) is 35.4 Å². The van der Waals surface area contributed by atoms with E-state index in [4.69, 9.17) is 9.47 Å². The molecular weight excluding hydrogens is 338 g/mol. The zero-order valence-corrected chi connectivity index (χ0v) is 16.3. The summed E-state index contributed by atoms with van der Waals surface area (Å²) >= 11 is 0. The van der Waals surface area contributed by atoms with Gasteiger partial charge in [0.2, 0.25) is 10.0 Å². The van der Waals surface area contributed by atoms with Gasteiger partial charge in [0, 0.05) is 25.9 Å². The quantitative estimate of drug-likeness (QED) is 0.821. The van der Waals surface area contributed by atoms with Gasteiger partial charge in [-0.05, 0) is 23.0 Å². The van der Waals surface area contributed by atoms with Crippen LogP contribution in [0.3, 0.4) is 0 Å². The smallest absolute Gasteiger partial charge is 0.214 e. The average molecular weight is 368 g/mol. The number of aryl methyl sites for hydroxylation is 1. The molecule has 6 heteroatoms. The lowest BCUT2D eigenvalue weighted by atomic mass is 9.86. The van der Waals surface area contributed by atoms with Crippen LogP contribution < -0.4 is 0 Å². The molecule has 0 aromatic heterocycles. The molecule has 140 valence electrons. The minimum absolute atomic E-state index is 0.110. The van der Waals surface area contributed by atoms with Gasteiger partial charge in [-0.15, -0.1) is 0 Å². The fourth-order valence-corrected chi connectivity index (χ4v) is 4.93. The lowest BCUT2D eigenvalue weighted by Crippen LogP contribution is -2.47. The molecule has 2 fully saturated rings. The molecule has 0 aliphatic carbocycles. The number of rotatable bonds is 4. The third-order valence-corrected chi connectivity index (χ3v) is 7.03. The molecule has 3 rings (SSSR count). The fraction of sp³-hybridized carbons (Fsp3) is 0.684. The van der Waals surface area contributed by atoms with E-state index in [0.29, 0.717) is 45.6 Å². The number of benzene rings is 1. The molecule has 0 N–H and O–H groups in total. The first-order valence-electron chi connectivity index (χ1n) is 9.05. The second-order valence-corrected chi connectivity index (χ2v) is 10.1. The largest absolute Gasteiger partial charge is 0.347 e. The summed E-state index contributed by atoms with van der Waals surface area (Å²) in [6, 6.07) is 8.28. The number of hydrogen-bond acceptors (Lipinski definition) is 4. The molecule has 0 amide bonds. The molecule has 5 nitrogen and oxygen atoms in total. The van der Waals surface area contributed by atoms with E-state index >= 15 is 0 Å². The van der Waals surface area contributed by atoms with Gasteiger partial charge in [-0.1, -0.05) is 45.0 Å². The summed E-state index contributed by atoms with van der Waals surface area (Å²) < 4.78 is 38.2. The average Bonchev–Trinajstić information content (AvgIpc) is 3.01. The van der Waals surface area contributed by atoms with E-state index in [1.54, 1.807) is 4.31 Å². The van der Waals surface area contributed by atoms with E-state index in [-0.39, 0.29) is 11.2 Å². The van der Waals surface area contributed by atoms with E-state index < -0.39 is 15.8 Å². The summed E-state index contributed by atoms with van der Waals surface area (Å²) in [6.45, 7) is 8.69. The van der Waals surface area contributed by atoms with E-state index in [0.717, 1.165) is 5.56 Å². The first kappa shape index (κ1) is 18.8. The van der Waals surface area contributed by atoms with Crippen molar-refractivity contribution >= 4 is 10.0 Å². The maximum Gasteiger partial charge on any atom is 0.214 e. The highest BCUT2D eigenvalue weighted by atomic mass is 32.2. The zero-order valence-electron chi connectivity index (χ0n) is 15.5. The summed E-state index contributed by atoms with van der Waals surface area (Å²) in [6.07, 6.45) is 1.78. The van der Waals surface area contributed by atoms with E-state index in [2.05, 4.69) is 32.9 Å². The van der Waals surface area contributed by atoms with Crippen molar-refractivity contribution in [2.24, 2.45) is 0 Å². The van der Waals surface area contributed by atoms with Crippen molar-refractivity contribution in [3.8, 4) is 0 Å². The summed E-state index contributed by atoms with van der Waals surface area (Å²) in [4.78, 5) is 0. The summed E-state index contributed by atoms with van der Waals surface area (Å²) in [5.74, 6) is -0.384. The van der Waals surface area contributed by atoms with Crippen LogP contribution in [0.4, 0.5) is 0 Å². The Bertz CT molecular complexity index is 675. The molecule has 2 aliphatic rings. The van der Waals surface area contributed by atoms with Crippen molar-refractivity contribution < 1.29 is 17.9 Å². The highest BCUT2D eigenvalue weighted by Gasteiger charge is 2.42. The van der Waals surface area contributed by atoms with Gasteiger partial charge < -0.3 is 9.47 Å². The Morgan fingerprint density at radius 2 is 1.60 bits per heavy atom. The van der Waals surface area contributed by atoms with Crippen molar-refractivity contribution in [3.63, 3.8) is 0 Å².